The van der Waals surface area contributed by atoms with E-state index in [-0.39, 0.29) is 5.82 Å². The van der Waals surface area contributed by atoms with Gasteiger partial charge >= 0.3 is 0 Å². The van der Waals surface area contributed by atoms with Crippen molar-refractivity contribution in [2.45, 2.75) is 6.92 Å². The summed E-state index contributed by atoms with van der Waals surface area (Å²) in [6.45, 7) is 2.49. The number of nitrogens with two attached hydrogens (primary N) is 1. The monoisotopic (exact) mass is 257 g/mol. The zero-order valence-electron chi connectivity index (χ0n) is 10.6. The molecule has 0 unspecified atom stereocenters. The molecule has 0 amide bonds. The molecule has 1 aromatic carbocycles. The predicted molar refractivity (Wildman–Crippen MR) is 72.1 cm³/mol. The quantitative estimate of drug-likeness (QED) is 0.657. The van der Waals surface area contributed by atoms with Gasteiger partial charge in [0.25, 0.3) is 5.82 Å². The Balaban J connectivity index is 0.000000200. The molecule has 0 saturated carbocycles. The molecule has 2 aromatic rings. The molecule has 1 heterocycles. The zero-order valence-corrected chi connectivity index (χ0v) is 10.6. The lowest BCUT2D eigenvalue weighted by Gasteiger charge is -2.02. The van der Waals surface area contributed by atoms with Crippen molar-refractivity contribution in [2.75, 3.05) is 12.3 Å². The Morgan fingerprint density at radius 1 is 1.26 bits per heavy atom. The van der Waals surface area contributed by atoms with E-state index in [1.165, 1.54) is 6.20 Å². The van der Waals surface area contributed by atoms with Crippen LogP contribution in [-0.4, -0.2) is 6.61 Å². The molecule has 0 fully saturated rings. The number of hydrogen-bond acceptors (Lipinski definition) is 4. The second kappa shape index (κ2) is 7.56. The summed E-state index contributed by atoms with van der Waals surface area (Å²) in [4.78, 5) is 0. The molecular formula is C14H15N3O2. The first kappa shape index (κ1) is 14.3. The third kappa shape index (κ3) is 4.56. The number of nitrogen functional groups attached to an aromatic ring is 1. The highest BCUT2D eigenvalue weighted by Crippen LogP contribution is 2.15. The van der Waals surface area contributed by atoms with Crippen molar-refractivity contribution in [3.8, 4) is 11.8 Å². The molecule has 1 aromatic heterocycles. The minimum Gasteiger partial charge on any atom is -0.711 e. The first-order valence-corrected chi connectivity index (χ1v) is 5.74. The van der Waals surface area contributed by atoms with Crippen LogP contribution < -0.4 is 15.2 Å². The molecule has 19 heavy (non-hydrogen) atoms. The van der Waals surface area contributed by atoms with Crippen molar-refractivity contribution in [3.05, 3.63) is 59.4 Å². The van der Waals surface area contributed by atoms with Crippen LogP contribution in [-0.2, 0) is 0 Å². The first-order valence-electron chi connectivity index (χ1n) is 5.74. The number of pyridine rings is 1. The summed E-state index contributed by atoms with van der Waals surface area (Å²) in [5.74, 6) is 0.894. The van der Waals surface area contributed by atoms with E-state index in [2.05, 4.69) is 6.07 Å². The van der Waals surface area contributed by atoms with E-state index in [9.17, 15) is 5.21 Å². The average Bonchev–Trinajstić information content (AvgIpc) is 2.44. The summed E-state index contributed by atoms with van der Waals surface area (Å²) in [5.41, 5.74) is 5.76. The van der Waals surface area contributed by atoms with Gasteiger partial charge in [-0.25, -0.2) is 4.73 Å². The molecule has 0 aliphatic rings. The van der Waals surface area contributed by atoms with Gasteiger partial charge in [0.05, 0.1) is 18.4 Å². The lowest BCUT2D eigenvalue weighted by Crippen LogP contribution is -2.28. The van der Waals surface area contributed by atoms with Crippen molar-refractivity contribution in [3.63, 3.8) is 0 Å². The number of nitrogens with zero attached hydrogens (tertiary/aromatic N) is 2. The molecule has 0 radical (unpaired) electrons. The van der Waals surface area contributed by atoms with Crippen LogP contribution in [0.1, 0.15) is 12.5 Å². The molecule has 0 aliphatic carbocycles. The van der Waals surface area contributed by atoms with Gasteiger partial charge in [0.2, 0.25) is 0 Å². The Hall–Kier alpha value is -2.74. The number of nitriles is 1. The van der Waals surface area contributed by atoms with Gasteiger partial charge in [0.15, 0.2) is 0 Å². The van der Waals surface area contributed by atoms with E-state index in [0.29, 0.717) is 22.7 Å². The molecule has 0 saturated heterocycles. The van der Waals surface area contributed by atoms with Crippen LogP contribution in [0, 0.1) is 16.5 Å². The fourth-order valence-electron chi connectivity index (χ4n) is 1.28. The van der Waals surface area contributed by atoms with E-state index < -0.39 is 0 Å². The van der Waals surface area contributed by atoms with Crippen LogP contribution in [0.15, 0.2) is 48.7 Å². The Morgan fingerprint density at radius 2 is 1.95 bits per heavy atom. The molecule has 5 nitrogen and oxygen atoms in total. The van der Waals surface area contributed by atoms with Gasteiger partial charge in [-0.2, -0.15) is 5.26 Å². The third-order valence-corrected chi connectivity index (χ3v) is 2.16. The highest BCUT2D eigenvalue weighted by atomic mass is 16.5. The van der Waals surface area contributed by atoms with Gasteiger partial charge in [-0.1, -0.05) is 18.2 Å². The lowest BCUT2D eigenvalue weighted by molar-refractivity contribution is -0.589. The maximum atomic E-state index is 10.4. The summed E-state index contributed by atoms with van der Waals surface area (Å²) in [5, 5.41) is 19.0. The molecule has 98 valence electrons. The molecule has 0 aliphatic heterocycles. The van der Waals surface area contributed by atoms with Crippen molar-refractivity contribution < 1.29 is 9.47 Å². The van der Waals surface area contributed by atoms with Gasteiger partial charge in [0, 0.05) is 6.07 Å². The molecule has 0 spiro atoms. The maximum Gasteiger partial charge on any atom is 0.275 e. The fourth-order valence-corrected chi connectivity index (χ4v) is 1.28. The molecule has 2 rings (SSSR count). The molecule has 2 N–H and O–H groups in total. The number of aromatic nitrogens is 1. The van der Waals surface area contributed by atoms with Crippen molar-refractivity contribution in [2.24, 2.45) is 0 Å². The van der Waals surface area contributed by atoms with E-state index in [4.69, 9.17) is 15.7 Å². The van der Waals surface area contributed by atoms with Crippen LogP contribution in [0.4, 0.5) is 5.82 Å². The standard InChI is InChI=1S/C9H9NO.C5H6N2O/c1-2-11-9-6-4-3-5-8(9)7-10;6-5-3-1-2-4-7(5)8/h3-6H,2H2,1H3;1-4H,6H2. The van der Waals surface area contributed by atoms with Gasteiger partial charge in [-0.15, -0.1) is 0 Å². The number of rotatable bonds is 2. The number of benzene rings is 1. The predicted octanol–water partition coefficient (Wildman–Crippen LogP) is 1.86. The lowest BCUT2D eigenvalue weighted by atomic mass is 10.2. The van der Waals surface area contributed by atoms with E-state index in [1.54, 1.807) is 30.3 Å². The topological polar surface area (TPSA) is 86.0 Å². The summed E-state index contributed by atoms with van der Waals surface area (Å²) >= 11 is 0. The smallest absolute Gasteiger partial charge is 0.275 e. The van der Waals surface area contributed by atoms with Gasteiger partial charge in [0.1, 0.15) is 11.8 Å². The number of hydrogen-bond donors (Lipinski definition) is 1. The average molecular weight is 257 g/mol. The van der Waals surface area contributed by atoms with Gasteiger partial charge in [-0.3, -0.25) is 5.73 Å². The third-order valence-electron chi connectivity index (χ3n) is 2.16. The van der Waals surface area contributed by atoms with Gasteiger partial charge < -0.3 is 9.94 Å². The highest BCUT2D eigenvalue weighted by Gasteiger charge is 1.98. The van der Waals surface area contributed by atoms with E-state index in [1.807, 2.05) is 19.1 Å². The van der Waals surface area contributed by atoms with Crippen LogP contribution in [0.5, 0.6) is 5.75 Å². The summed E-state index contributed by atoms with van der Waals surface area (Å²) in [7, 11) is 0. The SMILES string of the molecule is CCOc1ccccc1C#N.Nc1cccc[n+]1[O-]. The Labute approximate surface area is 112 Å². The summed E-state index contributed by atoms with van der Waals surface area (Å²) in [6, 6.07) is 14.2. The van der Waals surface area contributed by atoms with Gasteiger partial charge in [-0.05, 0) is 25.1 Å². The number of ether oxygens (including phenoxy) is 1. The second-order valence-electron chi connectivity index (χ2n) is 3.49. The minimum absolute atomic E-state index is 0.229. The second-order valence-corrected chi connectivity index (χ2v) is 3.49. The number of para-hydroxylation sites is 1. The highest BCUT2D eigenvalue weighted by molar-refractivity contribution is 5.42. The van der Waals surface area contributed by atoms with Crippen molar-refractivity contribution >= 4 is 5.82 Å². The first-order chi connectivity index (χ1) is 9.19. The van der Waals surface area contributed by atoms with Crippen molar-refractivity contribution in [1.29, 1.82) is 5.26 Å². The summed E-state index contributed by atoms with van der Waals surface area (Å²) < 4.78 is 5.82. The zero-order chi connectivity index (χ0) is 14.1. The largest absolute Gasteiger partial charge is 0.711 e. The van der Waals surface area contributed by atoms with Crippen LogP contribution in [0.2, 0.25) is 0 Å². The molecule has 0 atom stereocenters. The summed E-state index contributed by atoms with van der Waals surface area (Å²) in [6.07, 6.45) is 1.36. The van der Waals surface area contributed by atoms with Crippen molar-refractivity contribution in [1.82, 2.24) is 0 Å². The molecule has 5 heteroatoms. The van der Waals surface area contributed by atoms with Crippen LogP contribution in [0.25, 0.3) is 0 Å². The Morgan fingerprint density at radius 3 is 2.47 bits per heavy atom. The van der Waals surface area contributed by atoms with Crippen LogP contribution in [0.3, 0.4) is 0 Å². The Kier molecular flexibility index (Phi) is 5.70. The maximum absolute atomic E-state index is 10.4. The minimum atomic E-state index is 0.229. The van der Waals surface area contributed by atoms with E-state index in [0.717, 1.165) is 0 Å². The number of anilines is 1. The van der Waals surface area contributed by atoms with E-state index >= 15 is 0 Å². The fraction of sp³-hybridized carbons (Fsp3) is 0.143. The normalized spacial score (nSPS) is 8.84. The molecule has 0 bridgehead atoms. The molecular weight excluding hydrogens is 242 g/mol. The van der Waals surface area contributed by atoms with Crippen LogP contribution >= 0.6 is 0 Å². The Bertz CT molecular complexity index is 544.